The molecule has 88 valence electrons. The molecule has 2 heterocycles. The summed E-state index contributed by atoms with van der Waals surface area (Å²) in [7, 11) is 0. The number of H-pyrrole nitrogens is 1. The number of halogens is 1. The summed E-state index contributed by atoms with van der Waals surface area (Å²) in [5.41, 5.74) is 3.21. The highest BCUT2D eigenvalue weighted by molar-refractivity contribution is 5.82. The predicted molar refractivity (Wildman–Crippen MR) is 64.7 cm³/mol. The fourth-order valence-corrected chi connectivity index (χ4v) is 2.44. The van der Waals surface area contributed by atoms with E-state index in [-0.39, 0.29) is 11.2 Å². The van der Waals surface area contributed by atoms with Crippen molar-refractivity contribution in [1.29, 1.82) is 0 Å². The van der Waals surface area contributed by atoms with Gasteiger partial charge in [-0.3, -0.25) is 4.79 Å². The van der Waals surface area contributed by atoms with E-state index < -0.39 is 0 Å². The molecule has 17 heavy (non-hydrogen) atoms. The third-order valence-corrected chi connectivity index (χ3v) is 3.31. The first-order valence-corrected chi connectivity index (χ1v) is 5.71. The second kappa shape index (κ2) is 3.67. The summed E-state index contributed by atoms with van der Waals surface area (Å²) in [6.45, 7) is 3.25. The first-order chi connectivity index (χ1) is 8.16. The van der Waals surface area contributed by atoms with Crippen LogP contribution in [-0.2, 0) is 13.0 Å². The molecule has 2 N–H and O–H groups in total. The van der Waals surface area contributed by atoms with Crippen molar-refractivity contribution in [2.24, 2.45) is 0 Å². The van der Waals surface area contributed by atoms with Gasteiger partial charge in [0.05, 0.1) is 5.52 Å². The number of aryl methyl sites for hydroxylation is 1. The summed E-state index contributed by atoms with van der Waals surface area (Å²) < 4.78 is 13.3. The van der Waals surface area contributed by atoms with E-state index in [1.54, 1.807) is 0 Å². The maximum absolute atomic E-state index is 13.3. The van der Waals surface area contributed by atoms with Crippen LogP contribution in [0.4, 0.5) is 4.39 Å². The summed E-state index contributed by atoms with van der Waals surface area (Å²) in [5.74, 6) is -0.357. The van der Waals surface area contributed by atoms with Crippen LogP contribution >= 0.6 is 0 Å². The average Bonchev–Trinajstić information content (AvgIpc) is 2.31. The molecule has 1 aromatic carbocycles. The summed E-state index contributed by atoms with van der Waals surface area (Å²) in [5, 5.41) is 3.61. The third-order valence-electron chi connectivity index (χ3n) is 3.31. The van der Waals surface area contributed by atoms with Gasteiger partial charge in [-0.15, -0.1) is 0 Å². The normalized spacial score (nSPS) is 14.9. The van der Waals surface area contributed by atoms with E-state index in [4.69, 9.17) is 0 Å². The van der Waals surface area contributed by atoms with Crippen LogP contribution in [0.1, 0.15) is 16.8 Å². The van der Waals surface area contributed by atoms with Gasteiger partial charge in [-0.05, 0) is 24.6 Å². The van der Waals surface area contributed by atoms with Gasteiger partial charge in [0.1, 0.15) is 5.82 Å². The summed E-state index contributed by atoms with van der Waals surface area (Å²) in [6.07, 6.45) is 0.817. The number of nitrogens with one attached hydrogen (secondary N) is 2. The molecule has 0 saturated heterocycles. The number of hydrogen-bond donors (Lipinski definition) is 2. The first kappa shape index (κ1) is 10.5. The van der Waals surface area contributed by atoms with Crippen LogP contribution < -0.4 is 10.7 Å². The lowest BCUT2D eigenvalue weighted by Crippen LogP contribution is -2.30. The average molecular weight is 232 g/mol. The van der Waals surface area contributed by atoms with Crippen LogP contribution in [0.15, 0.2) is 16.9 Å². The van der Waals surface area contributed by atoms with Crippen molar-refractivity contribution in [2.45, 2.75) is 19.9 Å². The Morgan fingerprint density at radius 2 is 2.18 bits per heavy atom. The number of benzene rings is 1. The van der Waals surface area contributed by atoms with E-state index in [1.807, 2.05) is 6.92 Å². The number of fused-ring (bicyclic) bond motifs is 2. The fourth-order valence-electron chi connectivity index (χ4n) is 2.44. The van der Waals surface area contributed by atoms with E-state index in [9.17, 15) is 9.18 Å². The molecule has 0 bridgehead atoms. The molecule has 0 saturated carbocycles. The van der Waals surface area contributed by atoms with Crippen LogP contribution in [0, 0.1) is 12.7 Å². The van der Waals surface area contributed by atoms with Gasteiger partial charge < -0.3 is 10.3 Å². The van der Waals surface area contributed by atoms with Crippen LogP contribution in [0.3, 0.4) is 0 Å². The summed E-state index contributed by atoms with van der Waals surface area (Å²) >= 11 is 0. The highest BCUT2D eigenvalue weighted by atomic mass is 19.1. The predicted octanol–water partition coefficient (Wildman–Crippen LogP) is 1.62. The Kier molecular flexibility index (Phi) is 2.26. The first-order valence-electron chi connectivity index (χ1n) is 5.71. The number of pyridine rings is 1. The van der Waals surface area contributed by atoms with E-state index in [2.05, 4.69) is 10.3 Å². The van der Waals surface area contributed by atoms with Gasteiger partial charge in [0.2, 0.25) is 0 Å². The molecule has 1 aliphatic heterocycles. The Morgan fingerprint density at radius 3 is 3.00 bits per heavy atom. The molecular formula is C13H13FN2O. The topological polar surface area (TPSA) is 44.9 Å². The van der Waals surface area contributed by atoms with Crippen molar-refractivity contribution in [3.63, 3.8) is 0 Å². The van der Waals surface area contributed by atoms with Gasteiger partial charge in [0.25, 0.3) is 0 Å². The Balaban J connectivity index is 2.44. The number of aromatic amines is 1. The molecule has 1 aliphatic rings. The zero-order valence-electron chi connectivity index (χ0n) is 9.56. The van der Waals surface area contributed by atoms with E-state index in [1.165, 1.54) is 12.1 Å². The molecule has 0 spiro atoms. The molecule has 3 nitrogen and oxygen atoms in total. The van der Waals surface area contributed by atoms with Gasteiger partial charge in [0.15, 0.2) is 5.43 Å². The molecule has 2 aromatic rings. The van der Waals surface area contributed by atoms with E-state index >= 15 is 0 Å². The van der Waals surface area contributed by atoms with Crippen LogP contribution in [0.5, 0.6) is 0 Å². The number of rotatable bonds is 0. The largest absolute Gasteiger partial charge is 0.358 e. The van der Waals surface area contributed by atoms with Crippen molar-refractivity contribution in [3.8, 4) is 0 Å². The standard InChI is InChI=1S/C13H13FN2O/c1-7-4-8(14)5-9-12(7)16-11-2-3-15-6-10(11)13(9)17/h4-5,15H,2-3,6H2,1H3,(H,16,17). The maximum Gasteiger partial charge on any atom is 0.194 e. The number of hydrogen-bond acceptors (Lipinski definition) is 2. The molecule has 3 rings (SSSR count). The molecule has 0 radical (unpaired) electrons. The summed E-state index contributed by atoms with van der Waals surface area (Å²) in [6, 6.07) is 2.77. The molecule has 0 fully saturated rings. The van der Waals surface area contributed by atoms with Crippen LogP contribution in [0.25, 0.3) is 10.9 Å². The van der Waals surface area contributed by atoms with Crippen molar-refractivity contribution in [2.75, 3.05) is 6.54 Å². The zero-order valence-corrected chi connectivity index (χ0v) is 9.56. The minimum atomic E-state index is -0.357. The van der Waals surface area contributed by atoms with Gasteiger partial charge >= 0.3 is 0 Å². The molecule has 0 atom stereocenters. The lowest BCUT2D eigenvalue weighted by molar-refractivity contribution is 0.624. The Morgan fingerprint density at radius 1 is 1.35 bits per heavy atom. The van der Waals surface area contributed by atoms with Gasteiger partial charge in [-0.1, -0.05) is 0 Å². The lowest BCUT2D eigenvalue weighted by atomic mass is 10.0. The molecular weight excluding hydrogens is 219 g/mol. The van der Waals surface area contributed by atoms with Crippen LogP contribution in [-0.4, -0.2) is 11.5 Å². The van der Waals surface area contributed by atoms with Gasteiger partial charge in [-0.2, -0.15) is 0 Å². The zero-order chi connectivity index (χ0) is 12.0. The smallest absolute Gasteiger partial charge is 0.194 e. The van der Waals surface area contributed by atoms with Crippen LogP contribution in [0.2, 0.25) is 0 Å². The highest BCUT2D eigenvalue weighted by Crippen LogP contribution is 2.19. The van der Waals surface area contributed by atoms with Crippen molar-refractivity contribution >= 4 is 10.9 Å². The number of aromatic nitrogens is 1. The Hall–Kier alpha value is -1.68. The minimum Gasteiger partial charge on any atom is -0.358 e. The highest BCUT2D eigenvalue weighted by Gasteiger charge is 2.16. The lowest BCUT2D eigenvalue weighted by Gasteiger charge is -2.17. The van der Waals surface area contributed by atoms with Crippen molar-refractivity contribution in [1.82, 2.24) is 10.3 Å². The molecule has 4 heteroatoms. The Bertz CT molecular complexity index is 660. The second-order valence-electron chi connectivity index (χ2n) is 4.48. The molecule has 1 aromatic heterocycles. The fraction of sp³-hybridized carbons (Fsp3) is 0.308. The van der Waals surface area contributed by atoms with E-state index in [0.29, 0.717) is 11.9 Å². The molecule has 0 aliphatic carbocycles. The van der Waals surface area contributed by atoms with E-state index in [0.717, 1.165) is 35.3 Å². The maximum atomic E-state index is 13.3. The monoisotopic (exact) mass is 232 g/mol. The third kappa shape index (κ3) is 1.56. The summed E-state index contributed by atoms with van der Waals surface area (Å²) in [4.78, 5) is 15.5. The van der Waals surface area contributed by atoms with Crippen molar-refractivity contribution in [3.05, 3.63) is 45.0 Å². The van der Waals surface area contributed by atoms with Gasteiger partial charge in [0, 0.05) is 36.2 Å². The SMILES string of the molecule is Cc1cc(F)cc2c(=O)c3c([nH]c12)CCNC3. The second-order valence-corrected chi connectivity index (χ2v) is 4.48. The molecule has 0 amide bonds. The van der Waals surface area contributed by atoms with Gasteiger partial charge in [-0.25, -0.2) is 4.39 Å². The minimum absolute atomic E-state index is 0.0523. The quantitative estimate of drug-likeness (QED) is 0.725. The molecule has 0 unspecified atom stereocenters. The van der Waals surface area contributed by atoms with Crippen molar-refractivity contribution < 1.29 is 4.39 Å². The Labute approximate surface area is 97.7 Å².